The number of halogens is 1. The number of rotatable bonds is 4. The average Bonchev–Trinajstić information content (AvgIpc) is 2.62. The van der Waals surface area contributed by atoms with Crippen molar-refractivity contribution in [3.63, 3.8) is 0 Å². The van der Waals surface area contributed by atoms with Crippen molar-refractivity contribution in [2.45, 2.75) is 0 Å². The van der Waals surface area contributed by atoms with Crippen molar-refractivity contribution >= 4 is 28.8 Å². The maximum absolute atomic E-state index is 12.5. The number of hydrogen-bond acceptors (Lipinski definition) is 5. The predicted octanol–water partition coefficient (Wildman–Crippen LogP) is 3.32. The molecule has 1 heterocycles. The van der Waals surface area contributed by atoms with E-state index >= 15 is 0 Å². The average molecular weight is 347 g/mol. The zero-order valence-corrected chi connectivity index (χ0v) is 13.5. The Morgan fingerprint density at radius 3 is 2.33 bits per heavy atom. The molecule has 0 unspecified atom stereocenters. The highest BCUT2D eigenvalue weighted by Gasteiger charge is 2.23. The topological polar surface area (TPSA) is 72.7 Å². The van der Waals surface area contributed by atoms with Gasteiger partial charge in [0.25, 0.3) is 5.69 Å². The van der Waals surface area contributed by atoms with E-state index in [1.807, 2.05) is 4.90 Å². The summed E-state index contributed by atoms with van der Waals surface area (Å²) in [5, 5.41) is 12.0. The third kappa shape index (κ3) is 3.39. The van der Waals surface area contributed by atoms with Gasteiger partial charge in [0.15, 0.2) is 5.78 Å². The van der Waals surface area contributed by atoms with E-state index in [0.29, 0.717) is 42.6 Å². The minimum Gasteiger partial charge on any atom is -0.378 e. The first-order chi connectivity index (χ1) is 11.6. The van der Waals surface area contributed by atoms with E-state index in [9.17, 15) is 14.9 Å². The van der Waals surface area contributed by atoms with Crippen LogP contribution < -0.4 is 4.90 Å². The molecule has 7 heteroatoms. The molecule has 0 aromatic heterocycles. The van der Waals surface area contributed by atoms with Gasteiger partial charge in [-0.05, 0) is 36.4 Å². The summed E-state index contributed by atoms with van der Waals surface area (Å²) in [5.41, 5.74) is 1.15. The number of nitro benzene ring substituents is 1. The number of carbonyl (C=O) groups excluding carboxylic acids is 1. The number of carbonyl (C=O) groups is 1. The van der Waals surface area contributed by atoms with Gasteiger partial charge in [0.2, 0.25) is 0 Å². The van der Waals surface area contributed by atoms with Gasteiger partial charge >= 0.3 is 0 Å². The van der Waals surface area contributed by atoms with Crippen LogP contribution in [0.3, 0.4) is 0 Å². The predicted molar refractivity (Wildman–Crippen MR) is 91.0 cm³/mol. The van der Waals surface area contributed by atoms with Gasteiger partial charge in [-0.15, -0.1) is 0 Å². The summed E-state index contributed by atoms with van der Waals surface area (Å²) in [6, 6.07) is 11.0. The zero-order chi connectivity index (χ0) is 17.1. The summed E-state index contributed by atoms with van der Waals surface area (Å²) in [6.45, 7) is 2.24. The molecule has 0 N–H and O–H groups in total. The smallest absolute Gasteiger partial charge is 0.293 e. The van der Waals surface area contributed by atoms with E-state index in [-0.39, 0.29) is 17.0 Å². The molecule has 0 spiro atoms. The number of nitro groups is 1. The third-order valence-electron chi connectivity index (χ3n) is 3.89. The lowest BCUT2D eigenvalue weighted by Crippen LogP contribution is -2.36. The van der Waals surface area contributed by atoms with E-state index in [0.717, 1.165) is 0 Å². The SMILES string of the molecule is O=C(c1ccc(Cl)cc1)c1ccc(N2CCOCC2)c([N+](=O)[O-])c1. The number of morpholine rings is 1. The Morgan fingerprint density at radius 2 is 1.71 bits per heavy atom. The summed E-state index contributed by atoms with van der Waals surface area (Å²) in [6.07, 6.45) is 0. The fraction of sp³-hybridized carbons (Fsp3) is 0.235. The Labute approximate surface area is 143 Å². The minimum atomic E-state index is -0.455. The monoisotopic (exact) mass is 346 g/mol. The minimum absolute atomic E-state index is 0.0725. The van der Waals surface area contributed by atoms with E-state index < -0.39 is 4.92 Å². The highest BCUT2D eigenvalue weighted by atomic mass is 35.5. The molecule has 0 amide bonds. The molecule has 24 heavy (non-hydrogen) atoms. The molecule has 1 saturated heterocycles. The van der Waals surface area contributed by atoms with Gasteiger partial charge in [0.1, 0.15) is 5.69 Å². The van der Waals surface area contributed by atoms with Crippen molar-refractivity contribution in [1.29, 1.82) is 0 Å². The first-order valence-electron chi connectivity index (χ1n) is 7.47. The van der Waals surface area contributed by atoms with Crippen molar-refractivity contribution in [2.24, 2.45) is 0 Å². The van der Waals surface area contributed by atoms with Gasteiger partial charge in [0, 0.05) is 35.3 Å². The van der Waals surface area contributed by atoms with Crippen LogP contribution in [0.1, 0.15) is 15.9 Å². The second-order valence-electron chi connectivity index (χ2n) is 5.40. The quantitative estimate of drug-likeness (QED) is 0.482. The first kappa shape index (κ1) is 16.4. The fourth-order valence-electron chi connectivity index (χ4n) is 2.65. The largest absolute Gasteiger partial charge is 0.378 e. The highest BCUT2D eigenvalue weighted by molar-refractivity contribution is 6.30. The lowest BCUT2D eigenvalue weighted by atomic mass is 10.0. The molecule has 0 bridgehead atoms. The van der Waals surface area contributed by atoms with Crippen LogP contribution in [0.25, 0.3) is 0 Å². The molecule has 0 saturated carbocycles. The van der Waals surface area contributed by atoms with Crippen molar-refractivity contribution in [2.75, 3.05) is 31.2 Å². The number of ether oxygens (including phenoxy) is 1. The Bertz CT molecular complexity index is 771. The maximum atomic E-state index is 12.5. The summed E-state index contributed by atoms with van der Waals surface area (Å²) in [7, 11) is 0. The maximum Gasteiger partial charge on any atom is 0.293 e. The number of ketones is 1. The van der Waals surface area contributed by atoms with Crippen LogP contribution in [0.5, 0.6) is 0 Å². The van der Waals surface area contributed by atoms with Gasteiger partial charge in [-0.2, -0.15) is 0 Å². The Hall–Kier alpha value is -2.44. The van der Waals surface area contributed by atoms with Crippen LogP contribution in [0.4, 0.5) is 11.4 Å². The number of anilines is 1. The van der Waals surface area contributed by atoms with Crippen molar-refractivity contribution in [3.8, 4) is 0 Å². The van der Waals surface area contributed by atoms with Gasteiger partial charge in [0.05, 0.1) is 18.1 Å². The second kappa shape index (κ2) is 6.98. The molecule has 0 atom stereocenters. The molecule has 1 aliphatic rings. The molecule has 124 valence electrons. The molecule has 0 aliphatic carbocycles. The number of hydrogen-bond donors (Lipinski definition) is 0. The molecular formula is C17H15ClN2O4. The molecule has 0 radical (unpaired) electrons. The summed E-state index contributed by atoms with van der Waals surface area (Å²) >= 11 is 5.82. The van der Waals surface area contributed by atoms with E-state index in [4.69, 9.17) is 16.3 Å². The van der Waals surface area contributed by atoms with E-state index in [1.165, 1.54) is 6.07 Å². The van der Waals surface area contributed by atoms with Gasteiger partial charge in [-0.25, -0.2) is 0 Å². The zero-order valence-electron chi connectivity index (χ0n) is 12.8. The number of nitrogens with zero attached hydrogens (tertiary/aromatic N) is 2. The molecule has 6 nitrogen and oxygen atoms in total. The lowest BCUT2D eigenvalue weighted by molar-refractivity contribution is -0.384. The normalized spacial score (nSPS) is 14.5. The van der Waals surface area contributed by atoms with Gasteiger partial charge in [-0.3, -0.25) is 14.9 Å². The first-order valence-corrected chi connectivity index (χ1v) is 7.85. The molecular weight excluding hydrogens is 332 g/mol. The molecule has 2 aromatic rings. The summed E-state index contributed by atoms with van der Waals surface area (Å²) in [5.74, 6) is -0.275. The Balaban J connectivity index is 1.95. The fourth-order valence-corrected chi connectivity index (χ4v) is 2.78. The van der Waals surface area contributed by atoms with Gasteiger partial charge in [-0.1, -0.05) is 11.6 Å². The molecule has 1 aliphatic heterocycles. The lowest BCUT2D eigenvalue weighted by Gasteiger charge is -2.28. The molecule has 3 rings (SSSR count). The standard InChI is InChI=1S/C17H15ClN2O4/c18-14-4-1-12(2-5-14)17(21)13-3-6-15(16(11-13)20(22)23)19-7-9-24-10-8-19/h1-6,11H,7-10H2. The van der Waals surface area contributed by atoms with Crippen LogP contribution in [0, 0.1) is 10.1 Å². The third-order valence-corrected chi connectivity index (χ3v) is 4.14. The molecule has 1 fully saturated rings. The number of benzene rings is 2. The van der Waals surface area contributed by atoms with Crippen LogP contribution in [0.15, 0.2) is 42.5 Å². The van der Waals surface area contributed by atoms with Crippen molar-refractivity contribution < 1.29 is 14.5 Å². The second-order valence-corrected chi connectivity index (χ2v) is 5.83. The van der Waals surface area contributed by atoms with Crippen LogP contribution in [-0.4, -0.2) is 37.0 Å². The van der Waals surface area contributed by atoms with E-state index in [1.54, 1.807) is 36.4 Å². The van der Waals surface area contributed by atoms with Crippen molar-refractivity contribution in [3.05, 3.63) is 68.7 Å². The van der Waals surface area contributed by atoms with Crippen LogP contribution >= 0.6 is 11.6 Å². The van der Waals surface area contributed by atoms with Gasteiger partial charge < -0.3 is 9.64 Å². The van der Waals surface area contributed by atoms with Crippen molar-refractivity contribution in [1.82, 2.24) is 0 Å². The van der Waals surface area contributed by atoms with Crippen LogP contribution in [-0.2, 0) is 4.74 Å². The van der Waals surface area contributed by atoms with E-state index in [2.05, 4.69) is 0 Å². The van der Waals surface area contributed by atoms with Crippen LogP contribution in [0.2, 0.25) is 5.02 Å². The summed E-state index contributed by atoms with van der Waals surface area (Å²) < 4.78 is 5.27. The summed E-state index contributed by atoms with van der Waals surface area (Å²) in [4.78, 5) is 25.4. The Kier molecular flexibility index (Phi) is 4.78. The highest BCUT2D eigenvalue weighted by Crippen LogP contribution is 2.30. The Morgan fingerprint density at radius 1 is 1.08 bits per heavy atom. The molecule has 2 aromatic carbocycles.